The Bertz CT molecular complexity index is 1010. The summed E-state index contributed by atoms with van der Waals surface area (Å²) in [6.45, 7) is 5.47. The lowest BCUT2D eigenvalue weighted by Gasteiger charge is -2.38. The van der Waals surface area contributed by atoms with Crippen LogP contribution in [0.2, 0.25) is 0 Å². The molecule has 3 heterocycles. The fourth-order valence-electron chi connectivity index (χ4n) is 3.72. The highest BCUT2D eigenvalue weighted by atomic mass is 32.1. The number of nitrogens with zero attached hydrogens (tertiary/aromatic N) is 3. The van der Waals surface area contributed by atoms with Crippen molar-refractivity contribution < 1.29 is 55.6 Å². The number of carboxylic acid groups (broad SMARTS) is 2. The lowest BCUT2D eigenvalue weighted by atomic mass is 10.1. The number of aliphatic carboxylic acids is 2. The van der Waals surface area contributed by atoms with Crippen LogP contribution in [0.5, 0.6) is 0 Å². The first kappa shape index (κ1) is 31.4. The molecule has 0 amide bonds. The highest BCUT2D eigenvalue weighted by Gasteiger charge is 2.43. The standard InChI is InChI=1S/C18H23N3O2S.2C2HF3O2/c1-13-17(24-12-20-13)10-21-7-8-22-18-15(21)4-5-16(18)23-11-14-3-2-6-19-9-14;2*3-2(4,5)1(6)7/h2-3,6,9,12,15-16,18H,4-5,7-8,10-11H2,1H3;2*(H,6,7)/t15-,16+,18+;;/m0../s1. The Hall–Kier alpha value is -2.82. The minimum Gasteiger partial charge on any atom is -0.475 e. The molecule has 2 fully saturated rings. The SMILES string of the molecule is Cc1ncsc1CN1CCO[C@H]2[C@H](OCc3cccnc3)CC[C@@H]21.O=C(O)C(F)(F)F.O=C(O)C(F)(F)F. The average Bonchev–Trinajstić information content (AvgIpc) is 3.44. The molecule has 1 aliphatic carbocycles. The van der Waals surface area contributed by atoms with Gasteiger partial charge in [0.2, 0.25) is 0 Å². The zero-order chi connectivity index (χ0) is 28.5. The Kier molecular flexibility index (Phi) is 11.4. The quantitative estimate of drug-likeness (QED) is 0.510. The van der Waals surface area contributed by atoms with Crippen LogP contribution in [0.15, 0.2) is 30.0 Å². The van der Waals surface area contributed by atoms with Gasteiger partial charge in [-0.25, -0.2) is 14.6 Å². The van der Waals surface area contributed by atoms with Crippen molar-refractivity contribution in [1.29, 1.82) is 0 Å². The van der Waals surface area contributed by atoms with E-state index in [-0.39, 0.29) is 12.2 Å². The van der Waals surface area contributed by atoms with Gasteiger partial charge in [0, 0.05) is 36.4 Å². The van der Waals surface area contributed by atoms with Crippen LogP contribution in [0, 0.1) is 6.92 Å². The number of rotatable bonds is 5. The maximum atomic E-state index is 10.6. The summed E-state index contributed by atoms with van der Waals surface area (Å²) in [5.41, 5.74) is 4.22. The van der Waals surface area contributed by atoms with Crippen LogP contribution >= 0.6 is 11.3 Å². The van der Waals surface area contributed by atoms with Gasteiger partial charge in [0.15, 0.2) is 0 Å². The number of hydrogen-bond acceptors (Lipinski definition) is 8. The number of aryl methyl sites for hydroxylation is 1. The first-order valence-electron chi connectivity index (χ1n) is 11.1. The van der Waals surface area contributed by atoms with Gasteiger partial charge in [-0.15, -0.1) is 11.3 Å². The van der Waals surface area contributed by atoms with Gasteiger partial charge in [-0.2, -0.15) is 26.3 Å². The molecule has 1 saturated heterocycles. The Morgan fingerprint density at radius 2 is 1.79 bits per heavy atom. The summed E-state index contributed by atoms with van der Waals surface area (Å²) in [5, 5.41) is 14.2. The lowest BCUT2D eigenvalue weighted by molar-refractivity contribution is -0.193. The van der Waals surface area contributed by atoms with Crippen molar-refractivity contribution >= 4 is 23.3 Å². The molecular formula is C22H25F6N3O6S. The number of hydrogen-bond donors (Lipinski definition) is 2. The Balaban J connectivity index is 0.000000301. The number of thiazole rings is 1. The Morgan fingerprint density at radius 1 is 1.16 bits per heavy atom. The van der Waals surface area contributed by atoms with Crippen LogP contribution < -0.4 is 0 Å². The summed E-state index contributed by atoms with van der Waals surface area (Å²) in [6, 6.07) is 4.46. The number of pyridine rings is 1. The molecule has 38 heavy (non-hydrogen) atoms. The largest absolute Gasteiger partial charge is 0.490 e. The zero-order valence-electron chi connectivity index (χ0n) is 19.9. The van der Waals surface area contributed by atoms with Gasteiger partial charge in [0.1, 0.15) is 0 Å². The maximum absolute atomic E-state index is 10.6. The minimum atomic E-state index is -5.08. The van der Waals surface area contributed by atoms with Crippen LogP contribution in [0.4, 0.5) is 26.3 Å². The van der Waals surface area contributed by atoms with Gasteiger partial charge < -0.3 is 19.7 Å². The van der Waals surface area contributed by atoms with Gasteiger partial charge in [0.05, 0.1) is 36.6 Å². The number of alkyl halides is 6. The Labute approximate surface area is 217 Å². The number of halogens is 6. The van der Waals surface area contributed by atoms with Crippen LogP contribution in [-0.2, 0) is 32.2 Å². The fraction of sp³-hybridized carbons (Fsp3) is 0.545. The normalized spacial score (nSPS) is 21.4. The van der Waals surface area contributed by atoms with Crippen molar-refractivity contribution in [3.63, 3.8) is 0 Å². The maximum Gasteiger partial charge on any atom is 0.490 e. The highest BCUT2D eigenvalue weighted by Crippen LogP contribution is 2.34. The van der Waals surface area contributed by atoms with Crippen molar-refractivity contribution in [2.45, 2.75) is 63.5 Å². The second-order valence-corrected chi connectivity index (χ2v) is 9.07. The third-order valence-electron chi connectivity index (χ3n) is 5.51. The summed E-state index contributed by atoms with van der Waals surface area (Å²) < 4.78 is 75.7. The van der Waals surface area contributed by atoms with Crippen molar-refractivity contribution in [2.24, 2.45) is 0 Å². The first-order valence-corrected chi connectivity index (χ1v) is 11.9. The van der Waals surface area contributed by atoms with E-state index in [0.717, 1.165) is 43.8 Å². The first-order chi connectivity index (χ1) is 17.7. The molecule has 0 bridgehead atoms. The minimum absolute atomic E-state index is 0.181. The lowest BCUT2D eigenvalue weighted by Crippen LogP contribution is -2.51. The predicted octanol–water partition coefficient (Wildman–Crippen LogP) is 4.06. The number of fused-ring (bicyclic) bond motifs is 1. The van der Waals surface area contributed by atoms with Gasteiger partial charge in [-0.3, -0.25) is 9.88 Å². The van der Waals surface area contributed by atoms with Crippen LogP contribution in [0.1, 0.15) is 29.0 Å². The second-order valence-electron chi connectivity index (χ2n) is 8.13. The summed E-state index contributed by atoms with van der Waals surface area (Å²) in [6.07, 6.45) is -3.94. The fourth-order valence-corrected chi connectivity index (χ4v) is 4.52. The zero-order valence-corrected chi connectivity index (χ0v) is 20.7. The van der Waals surface area contributed by atoms with Crippen molar-refractivity contribution in [3.8, 4) is 0 Å². The summed E-state index contributed by atoms with van der Waals surface area (Å²) in [4.78, 5) is 30.2. The van der Waals surface area contributed by atoms with E-state index in [1.165, 1.54) is 4.88 Å². The van der Waals surface area contributed by atoms with Crippen LogP contribution in [-0.4, -0.2) is 80.8 Å². The molecular weight excluding hydrogens is 548 g/mol. The van der Waals surface area contributed by atoms with Gasteiger partial charge in [0.25, 0.3) is 0 Å². The number of carbonyl (C=O) groups is 2. The molecule has 1 aliphatic heterocycles. The predicted molar refractivity (Wildman–Crippen MR) is 120 cm³/mol. The molecule has 0 radical (unpaired) electrons. The molecule has 9 nitrogen and oxygen atoms in total. The van der Waals surface area contributed by atoms with Gasteiger partial charge in [-0.05, 0) is 31.4 Å². The van der Waals surface area contributed by atoms with E-state index in [4.69, 9.17) is 29.3 Å². The molecule has 2 aliphatic rings. The third-order valence-corrected chi connectivity index (χ3v) is 6.43. The van der Waals surface area contributed by atoms with E-state index in [0.29, 0.717) is 12.6 Å². The molecule has 2 aromatic heterocycles. The third kappa shape index (κ3) is 9.81. The van der Waals surface area contributed by atoms with E-state index in [1.54, 1.807) is 17.5 Å². The summed E-state index contributed by atoms with van der Waals surface area (Å²) in [7, 11) is 0. The molecule has 2 N–H and O–H groups in total. The smallest absolute Gasteiger partial charge is 0.475 e. The second kappa shape index (κ2) is 13.8. The number of aromatic nitrogens is 2. The van der Waals surface area contributed by atoms with E-state index in [2.05, 4.69) is 27.9 Å². The van der Waals surface area contributed by atoms with Crippen LogP contribution in [0.25, 0.3) is 0 Å². The molecule has 16 heteroatoms. The molecule has 212 valence electrons. The number of ether oxygens (including phenoxy) is 2. The van der Waals surface area contributed by atoms with Gasteiger partial charge in [-0.1, -0.05) is 6.07 Å². The summed E-state index contributed by atoms with van der Waals surface area (Å²) >= 11 is 1.75. The molecule has 0 unspecified atom stereocenters. The van der Waals surface area contributed by atoms with Gasteiger partial charge >= 0.3 is 24.3 Å². The topological polar surface area (TPSA) is 122 Å². The summed E-state index contributed by atoms with van der Waals surface area (Å²) in [5.74, 6) is -5.51. The monoisotopic (exact) mass is 573 g/mol. The Morgan fingerprint density at radius 3 is 2.29 bits per heavy atom. The highest BCUT2D eigenvalue weighted by molar-refractivity contribution is 7.09. The molecule has 0 aromatic carbocycles. The van der Waals surface area contributed by atoms with Crippen LogP contribution in [0.3, 0.4) is 0 Å². The molecule has 4 rings (SSSR count). The van der Waals surface area contributed by atoms with E-state index in [1.807, 2.05) is 17.8 Å². The van der Waals surface area contributed by atoms with E-state index < -0.39 is 24.3 Å². The average molecular weight is 574 g/mol. The van der Waals surface area contributed by atoms with Crippen molar-refractivity contribution in [3.05, 3.63) is 46.2 Å². The van der Waals surface area contributed by atoms with E-state index >= 15 is 0 Å². The molecule has 3 atom stereocenters. The molecule has 1 saturated carbocycles. The van der Waals surface area contributed by atoms with Crippen molar-refractivity contribution in [1.82, 2.24) is 14.9 Å². The van der Waals surface area contributed by atoms with Crippen molar-refractivity contribution in [2.75, 3.05) is 13.2 Å². The number of morpholine rings is 1. The molecule has 0 spiro atoms. The van der Waals surface area contributed by atoms with E-state index in [9.17, 15) is 26.3 Å². The molecule has 2 aromatic rings. The number of carboxylic acids is 2.